The third-order valence-corrected chi connectivity index (χ3v) is 6.49. The highest BCUT2D eigenvalue weighted by Crippen LogP contribution is 2.35. The van der Waals surface area contributed by atoms with Gasteiger partial charge in [0.05, 0.1) is 11.1 Å². The van der Waals surface area contributed by atoms with Gasteiger partial charge in [-0.2, -0.15) is 0 Å². The van der Waals surface area contributed by atoms with E-state index in [-0.39, 0.29) is 12.1 Å². The van der Waals surface area contributed by atoms with Crippen LogP contribution in [-0.4, -0.2) is 23.0 Å². The van der Waals surface area contributed by atoms with Crippen LogP contribution in [0.2, 0.25) is 0 Å². The van der Waals surface area contributed by atoms with Crippen molar-refractivity contribution < 1.29 is 18.7 Å². The number of aryl methyl sites for hydroxylation is 1. The molecule has 0 bridgehead atoms. The second kappa shape index (κ2) is 9.25. The van der Waals surface area contributed by atoms with Gasteiger partial charge >= 0.3 is 5.97 Å². The van der Waals surface area contributed by atoms with Crippen molar-refractivity contribution in [3.8, 4) is 0 Å². The van der Waals surface area contributed by atoms with Crippen molar-refractivity contribution in [2.45, 2.75) is 44.8 Å². The van der Waals surface area contributed by atoms with Crippen LogP contribution in [0.25, 0.3) is 16.5 Å². The Morgan fingerprint density at radius 3 is 2.76 bits per heavy atom. The minimum absolute atomic E-state index is 0.230. The van der Waals surface area contributed by atoms with Gasteiger partial charge in [0.25, 0.3) is 11.5 Å². The van der Waals surface area contributed by atoms with E-state index in [1.807, 2.05) is 12.1 Å². The zero-order valence-corrected chi connectivity index (χ0v) is 18.7. The average Bonchev–Trinajstić information content (AvgIpc) is 3.19. The Morgan fingerprint density at radius 1 is 1.09 bits per heavy atom. The molecular formula is C27H25FN2O4. The van der Waals surface area contributed by atoms with Crippen molar-refractivity contribution in [2.24, 2.45) is 0 Å². The maximum atomic E-state index is 13.7. The first kappa shape index (κ1) is 22.1. The Morgan fingerprint density at radius 2 is 1.94 bits per heavy atom. The number of nitrogens with one attached hydrogen (secondary N) is 1. The zero-order chi connectivity index (χ0) is 23.7. The molecular weight excluding hydrogens is 435 g/mol. The first-order chi connectivity index (χ1) is 16.5. The number of aromatic nitrogens is 1. The Balaban J connectivity index is 1.24. The highest BCUT2D eigenvalue weighted by Gasteiger charge is 2.36. The van der Waals surface area contributed by atoms with Crippen LogP contribution in [0.15, 0.2) is 59.4 Å². The smallest absolute Gasteiger partial charge is 0.339 e. The van der Waals surface area contributed by atoms with Gasteiger partial charge in [-0.15, -0.1) is 0 Å². The van der Waals surface area contributed by atoms with Crippen molar-refractivity contribution in [2.75, 3.05) is 6.54 Å². The third-order valence-electron chi connectivity index (χ3n) is 6.49. The molecule has 1 aliphatic heterocycles. The number of nitrogens with zero attached hydrogens (tertiary/aromatic N) is 1. The number of carbonyl (C=O) groups excluding carboxylic acids is 2. The molecule has 1 atom stereocenters. The second-order valence-electron chi connectivity index (χ2n) is 8.73. The van der Waals surface area contributed by atoms with E-state index in [9.17, 15) is 18.8 Å². The Kier molecular flexibility index (Phi) is 6.01. The van der Waals surface area contributed by atoms with Crippen molar-refractivity contribution in [1.82, 2.24) is 9.88 Å². The van der Waals surface area contributed by atoms with Gasteiger partial charge in [0.2, 0.25) is 6.10 Å². The molecule has 2 aliphatic rings. The predicted molar refractivity (Wildman–Crippen MR) is 127 cm³/mol. The summed E-state index contributed by atoms with van der Waals surface area (Å²) >= 11 is 0. The second-order valence-corrected chi connectivity index (χ2v) is 8.73. The summed E-state index contributed by atoms with van der Waals surface area (Å²) < 4.78 is 20.6. The number of hydrogen-bond donors (Lipinski definition) is 1. The van der Waals surface area contributed by atoms with Crippen molar-refractivity contribution in [3.05, 3.63) is 87.5 Å². The van der Waals surface area contributed by atoms with E-state index < -0.39 is 23.8 Å². The lowest BCUT2D eigenvalue weighted by Gasteiger charge is -2.14. The molecule has 3 aromatic rings. The lowest BCUT2D eigenvalue weighted by Crippen LogP contribution is -2.31. The maximum Gasteiger partial charge on any atom is 0.339 e. The molecule has 7 heteroatoms. The number of halogens is 1. The SMILES string of the molecule is O=C1OC(C(=O)NCCCn2c(=O)ccc3ccc(F)cc32)c2ccc(C3=CCCCC3)cc21. The molecule has 0 spiro atoms. The highest BCUT2D eigenvalue weighted by molar-refractivity contribution is 6.00. The number of hydrogen-bond acceptors (Lipinski definition) is 4. The monoisotopic (exact) mass is 460 g/mol. The molecule has 1 aliphatic carbocycles. The molecule has 34 heavy (non-hydrogen) atoms. The fourth-order valence-corrected chi connectivity index (χ4v) is 4.72. The first-order valence-electron chi connectivity index (χ1n) is 11.6. The van der Waals surface area contributed by atoms with Gasteiger partial charge in [-0.1, -0.05) is 18.2 Å². The zero-order valence-electron chi connectivity index (χ0n) is 18.7. The number of rotatable bonds is 6. The summed E-state index contributed by atoms with van der Waals surface area (Å²) in [4.78, 5) is 37.5. The molecule has 1 unspecified atom stereocenters. The molecule has 1 amide bonds. The molecule has 1 aromatic heterocycles. The molecule has 5 rings (SSSR count). The maximum absolute atomic E-state index is 13.7. The predicted octanol–water partition coefficient (Wildman–Crippen LogP) is 4.52. The van der Waals surface area contributed by atoms with Crippen LogP contribution in [0.4, 0.5) is 4.39 Å². The number of pyridine rings is 1. The standard InChI is InChI=1S/C27H25FN2O4/c28-20-10-7-18-9-12-24(31)30(23(18)16-20)14-4-13-29-26(32)25-21-11-8-19(15-22(21)27(33)34-25)17-5-2-1-3-6-17/h5,7-12,15-16,25H,1-4,6,13-14H2,(H,29,32). The Hall–Kier alpha value is -3.74. The normalized spacial score (nSPS) is 17.3. The minimum atomic E-state index is -0.980. The van der Waals surface area contributed by atoms with E-state index in [0.29, 0.717) is 29.6 Å². The third kappa shape index (κ3) is 4.25. The molecule has 0 saturated heterocycles. The number of carbonyl (C=O) groups is 2. The van der Waals surface area contributed by atoms with Crippen LogP contribution in [0.5, 0.6) is 0 Å². The molecule has 2 aromatic carbocycles. The molecule has 2 heterocycles. The van der Waals surface area contributed by atoms with E-state index in [4.69, 9.17) is 4.74 Å². The number of esters is 1. The van der Waals surface area contributed by atoms with Gasteiger partial charge in [-0.25, -0.2) is 9.18 Å². The van der Waals surface area contributed by atoms with Gasteiger partial charge in [-0.05, 0) is 79.0 Å². The lowest BCUT2D eigenvalue weighted by molar-refractivity contribution is -0.129. The largest absolute Gasteiger partial charge is 0.444 e. The van der Waals surface area contributed by atoms with Crippen LogP contribution < -0.4 is 10.9 Å². The molecule has 0 radical (unpaired) electrons. The molecule has 1 N–H and O–H groups in total. The van der Waals surface area contributed by atoms with Gasteiger partial charge in [0, 0.05) is 24.7 Å². The summed E-state index contributed by atoms with van der Waals surface area (Å²) in [5.41, 5.74) is 3.54. The van der Waals surface area contributed by atoms with E-state index in [0.717, 1.165) is 30.2 Å². The van der Waals surface area contributed by atoms with Gasteiger partial charge < -0.3 is 14.6 Å². The molecule has 0 fully saturated rings. The Labute approximate surface area is 196 Å². The molecule has 0 saturated carbocycles. The fraction of sp³-hybridized carbons (Fsp3) is 0.296. The lowest BCUT2D eigenvalue weighted by atomic mass is 9.91. The van der Waals surface area contributed by atoms with Crippen LogP contribution >= 0.6 is 0 Å². The number of fused-ring (bicyclic) bond motifs is 2. The van der Waals surface area contributed by atoms with Crippen LogP contribution in [0, 0.1) is 5.82 Å². The van der Waals surface area contributed by atoms with Crippen LogP contribution in [0.3, 0.4) is 0 Å². The summed E-state index contributed by atoms with van der Waals surface area (Å²) in [6, 6.07) is 13.0. The topological polar surface area (TPSA) is 77.4 Å². The van der Waals surface area contributed by atoms with Crippen molar-refractivity contribution in [3.63, 3.8) is 0 Å². The average molecular weight is 461 g/mol. The van der Waals surface area contributed by atoms with E-state index in [1.165, 1.54) is 34.8 Å². The summed E-state index contributed by atoms with van der Waals surface area (Å²) in [5.74, 6) is -1.30. The van der Waals surface area contributed by atoms with Gasteiger partial charge in [-0.3, -0.25) is 9.59 Å². The summed E-state index contributed by atoms with van der Waals surface area (Å²) in [6.45, 7) is 0.602. The first-order valence-corrected chi connectivity index (χ1v) is 11.6. The van der Waals surface area contributed by atoms with Crippen molar-refractivity contribution >= 4 is 28.4 Å². The summed E-state index contributed by atoms with van der Waals surface area (Å²) in [7, 11) is 0. The molecule has 6 nitrogen and oxygen atoms in total. The Bertz CT molecular complexity index is 1370. The van der Waals surface area contributed by atoms with Crippen LogP contribution in [-0.2, 0) is 16.1 Å². The number of amides is 1. The van der Waals surface area contributed by atoms with Crippen molar-refractivity contribution in [1.29, 1.82) is 0 Å². The fourth-order valence-electron chi connectivity index (χ4n) is 4.72. The van der Waals surface area contributed by atoms with Crippen LogP contribution in [0.1, 0.15) is 59.7 Å². The summed E-state index contributed by atoms with van der Waals surface area (Å²) in [5, 5.41) is 3.56. The highest BCUT2D eigenvalue weighted by atomic mass is 19.1. The number of allylic oxidation sites excluding steroid dienone is 2. The van der Waals surface area contributed by atoms with E-state index in [2.05, 4.69) is 11.4 Å². The number of cyclic esters (lactones) is 1. The van der Waals surface area contributed by atoms with E-state index in [1.54, 1.807) is 18.2 Å². The van der Waals surface area contributed by atoms with E-state index >= 15 is 0 Å². The number of ether oxygens (including phenoxy) is 1. The minimum Gasteiger partial charge on any atom is -0.444 e. The number of benzene rings is 2. The van der Waals surface area contributed by atoms with Gasteiger partial charge in [0.15, 0.2) is 0 Å². The van der Waals surface area contributed by atoms with Gasteiger partial charge in [0.1, 0.15) is 5.82 Å². The quantitative estimate of drug-likeness (QED) is 0.434. The molecule has 174 valence electrons. The summed E-state index contributed by atoms with van der Waals surface area (Å²) in [6.07, 6.45) is 6.05.